The van der Waals surface area contributed by atoms with Crippen LogP contribution >= 0.6 is 19.4 Å². The third-order valence-corrected chi connectivity index (χ3v) is 8.92. The number of carbonyl (C=O) groups is 2. The summed E-state index contributed by atoms with van der Waals surface area (Å²) in [6.45, 7) is -0.491. The van der Waals surface area contributed by atoms with Crippen molar-refractivity contribution < 1.29 is 171 Å². The molecule has 1 spiro atoms. The van der Waals surface area contributed by atoms with Crippen LogP contribution in [0.3, 0.4) is 0 Å². The number of halogens is 1. The van der Waals surface area contributed by atoms with Crippen molar-refractivity contribution in [3.05, 3.63) is 29.8 Å². The summed E-state index contributed by atoms with van der Waals surface area (Å²) >= 11 is 5.74. The smallest absolute Gasteiger partial charge is 0.780 e. The van der Waals surface area contributed by atoms with E-state index < -0.39 is 49.1 Å². The van der Waals surface area contributed by atoms with Crippen molar-refractivity contribution in [1.29, 1.82) is 0 Å². The molecule has 1 saturated heterocycles. The number of rotatable bonds is 9. The number of ether oxygens (including phenoxy) is 1. The number of aliphatic carboxylic acids is 2. The van der Waals surface area contributed by atoms with Gasteiger partial charge in [0.25, 0.3) is 5.79 Å². The molecule has 0 radical (unpaired) electrons. The SMILES string of the molecule is O=C([O-])C(Cl)(CCOC1(c2cccc(OP(=O)([O-])[O-])c2)OOC12C1CC3CC(C1)CC2C3)C(=O)[O-].[Na+].[Na+].[Na+].[Na+]. The Hall–Kier alpha value is 2.28. The predicted molar refractivity (Wildman–Crippen MR) is 107 cm³/mol. The van der Waals surface area contributed by atoms with Crippen LogP contribution in [0.1, 0.15) is 44.1 Å². The average Bonchev–Trinajstić information content (AvgIpc) is 2.74. The van der Waals surface area contributed by atoms with Gasteiger partial charge < -0.3 is 43.4 Å². The fraction of sp³-hybridized carbons (Fsp3) is 0.636. The van der Waals surface area contributed by atoms with Gasteiger partial charge in [0.15, 0.2) is 5.60 Å². The van der Waals surface area contributed by atoms with Crippen molar-refractivity contribution in [3.63, 3.8) is 0 Å². The van der Waals surface area contributed by atoms with Gasteiger partial charge in [-0.05, 0) is 67.9 Å². The Bertz CT molecular complexity index is 1060. The van der Waals surface area contributed by atoms with Crippen molar-refractivity contribution >= 4 is 31.4 Å². The topological polar surface area (TPSA) is 180 Å². The summed E-state index contributed by atoms with van der Waals surface area (Å²) < 4.78 is 21.8. The van der Waals surface area contributed by atoms with E-state index in [2.05, 4.69) is 4.52 Å². The third-order valence-electron chi connectivity index (χ3n) is 7.99. The van der Waals surface area contributed by atoms with Gasteiger partial charge in [0, 0.05) is 12.0 Å². The number of alkyl halides is 1. The fourth-order valence-electron chi connectivity index (χ4n) is 6.77. The van der Waals surface area contributed by atoms with Gasteiger partial charge in [0.1, 0.15) is 18.4 Å². The van der Waals surface area contributed by atoms with Crippen LogP contribution in [0.15, 0.2) is 24.3 Å². The molecule has 1 unspecified atom stereocenters. The van der Waals surface area contributed by atoms with Crippen LogP contribution in [-0.4, -0.2) is 29.0 Å². The number of benzene rings is 1. The molecule has 11 nitrogen and oxygen atoms in total. The summed E-state index contributed by atoms with van der Waals surface area (Å²) in [5.41, 5.74) is -0.695. The first-order valence-electron chi connectivity index (χ1n) is 11.3. The van der Waals surface area contributed by atoms with E-state index in [0.29, 0.717) is 11.8 Å². The van der Waals surface area contributed by atoms with Crippen LogP contribution < -0.4 is 143 Å². The second kappa shape index (κ2) is 14.6. The molecule has 192 valence electrons. The number of carbonyl (C=O) groups excluding carboxylic acids is 2. The number of carboxylic acids is 2. The normalized spacial score (nSPS) is 32.0. The molecule has 1 aromatic carbocycles. The quantitative estimate of drug-likeness (QED) is 0.0841. The van der Waals surface area contributed by atoms with Crippen LogP contribution in [-0.2, 0) is 34.5 Å². The molecule has 1 aromatic rings. The minimum Gasteiger partial charge on any atom is -0.780 e. The zero-order valence-corrected chi connectivity index (χ0v) is 32.0. The zero-order chi connectivity index (χ0) is 25.2. The van der Waals surface area contributed by atoms with E-state index in [4.69, 9.17) is 26.1 Å². The molecular weight excluding hydrogens is 599 g/mol. The molecule has 17 heteroatoms. The summed E-state index contributed by atoms with van der Waals surface area (Å²) in [6.07, 6.45) is 3.91. The van der Waals surface area contributed by atoms with E-state index >= 15 is 0 Å². The largest absolute Gasteiger partial charge is 1.00 e. The summed E-state index contributed by atoms with van der Waals surface area (Å²) in [5, 5.41) is 22.7. The van der Waals surface area contributed by atoms with Gasteiger partial charge in [-0.25, -0.2) is 4.89 Å². The van der Waals surface area contributed by atoms with Crippen LogP contribution in [0.5, 0.6) is 5.75 Å². The maximum atomic E-state index is 11.4. The number of phosphoric ester groups is 1. The Kier molecular flexibility index (Phi) is 14.7. The molecule has 0 N–H and O–H groups in total. The molecule has 5 fully saturated rings. The molecule has 4 bridgehead atoms. The molecule has 4 aliphatic carbocycles. The van der Waals surface area contributed by atoms with Gasteiger partial charge in [-0.1, -0.05) is 12.1 Å². The molecule has 1 aliphatic heterocycles. The van der Waals surface area contributed by atoms with E-state index in [0.717, 1.165) is 32.1 Å². The molecule has 0 aromatic heterocycles. The molecule has 1 atom stereocenters. The fourth-order valence-corrected chi connectivity index (χ4v) is 7.22. The monoisotopic (exact) mass is 620 g/mol. The Labute approximate surface area is 319 Å². The molecule has 1 heterocycles. The van der Waals surface area contributed by atoms with E-state index in [1.807, 2.05) is 0 Å². The Morgan fingerprint density at radius 3 is 1.95 bits per heavy atom. The third kappa shape index (κ3) is 7.08. The van der Waals surface area contributed by atoms with E-state index in [1.54, 1.807) is 6.07 Å². The second-order valence-corrected chi connectivity index (χ2v) is 11.6. The predicted octanol–water partition coefficient (Wildman–Crippen LogP) is -12.9. The van der Waals surface area contributed by atoms with Gasteiger partial charge in [-0.2, -0.15) is 4.89 Å². The van der Waals surface area contributed by atoms with Crippen LogP contribution in [0.4, 0.5) is 0 Å². The van der Waals surface area contributed by atoms with Gasteiger partial charge in [0.2, 0.25) is 0 Å². The van der Waals surface area contributed by atoms with Crippen molar-refractivity contribution in [1.82, 2.24) is 0 Å². The van der Waals surface area contributed by atoms with Gasteiger partial charge >= 0.3 is 118 Å². The summed E-state index contributed by atoms with van der Waals surface area (Å²) in [5.74, 6) is -4.83. The van der Waals surface area contributed by atoms with E-state index in [-0.39, 0.29) is 141 Å². The van der Waals surface area contributed by atoms with E-state index in [9.17, 15) is 34.2 Å². The van der Waals surface area contributed by atoms with Gasteiger partial charge in [0.05, 0.1) is 18.5 Å². The standard InChI is InChI=1S/C22H26ClO11P.4Na/c23-20(18(24)25,19(26)27)4-5-31-22(14-2-1-3-17(11-14)32-35(28,29)30)21(33-34-22)15-7-12-6-13(9-15)10-16(21)8-12;;;;/h1-3,11-13,15-16H,4-10H2,(H,24,25)(H,26,27)(H2,28,29,30);;;;/q;4*+1/p-4. The first kappa shape index (κ1) is 39.3. The number of carboxylic acid groups (broad SMARTS) is 2. The maximum absolute atomic E-state index is 11.4. The summed E-state index contributed by atoms with van der Waals surface area (Å²) in [7, 11) is -5.35. The Balaban J connectivity index is 0.00000190. The molecule has 6 rings (SSSR count). The van der Waals surface area contributed by atoms with Crippen molar-refractivity contribution in [2.24, 2.45) is 23.7 Å². The number of hydrogen-bond acceptors (Lipinski definition) is 11. The van der Waals surface area contributed by atoms with Gasteiger partial charge in [-0.15, -0.1) is 11.6 Å². The van der Waals surface area contributed by atoms with Crippen LogP contribution in [0, 0.1) is 23.7 Å². The summed E-state index contributed by atoms with van der Waals surface area (Å²) in [4.78, 5) is 53.7. The minimum absolute atomic E-state index is 0. The number of hydrogen-bond donors (Lipinski definition) is 0. The zero-order valence-electron chi connectivity index (χ0n) is 22.4. The Morgan fingerprint density at radius 2 is 1.51 bits per heavy atom. The van der Waals surface area contributed by atoms with Crippen molar-refractivity contribution in [3.8, 4) is 5.75 Å². The maximum Gasteiger partial charge on any atom is 1.00 e. The van der Waals surface area contributed by atoms with Crippen molar-refractivity contribution in [2.75, 3.05) is 6.61 Å². The molecule has 0 amide bonds. The number of phosphoric acid groups is 1. The molecular formula is C22H22ClNa4O11P. The molecule has 39 heavy (non-hydrogen) atoms. The Morgan fingerprint density at radius 1 is 0.974 bits per heavy atom. The van der Waals surface area contributed by atoms with Crippen LogP contribution in [0.25, 0.3) is 0 Å². The second-order valence-electron chi connectivity index (χ2n) is 9.92. The average molecular weight is 621 g/mol. The first-order valence-corrected chi connectivity index (χ1v) is 13.2. The minimum atomic E-state index is -5.35. The first-order chi connectivity index (χ1) is 16.4. The molecule has 5 aliphatic rings. The van der Waals surface area contributed by atoms with Gasteiger partial charge in [-0.3, -0.25) is 0 Å². The van der Waals surface area contributed by atoms with Crippen molar-refractivity contribution in [2.45, 2.75) is 54.8 Å². The molecule has 4 saturated carbocycles. The van der Waals surface area contributed by atoms with E-state index in [1.165, 1.54) is 18.2 Å². The summed E-state index contributed by atoms with van der Waals surface area (Å²) in [6, 6.07) is 5.58. The van der Waals surface area contributed by atoms with Crippen LogP contribution in [0.2, 0.25) is 0 Å².